The van der Waals surface area contributed by atoms with Crippen LogP contribution in [0.2, 0.25) is 0 Å². The molecule has 0 bridgehead atoms. The second kappa shape index (κ2) is 3.42. The molecule has 0 atom stereocenters. The molecule has 0 aliphatic heterocycles. The van der Waals surface area contributed by atoms with Gasteiger partial charge in [-0.25, -0.2) is 0 Å². The zero-order chi connectivity index (χ0) is 8.36. The van der Waals surface area contributed by atoms with Crippen LogP contribution in [-0.2, 0) is 9.59 Å². The van der Waals surface area contributed by atoms with Crippen LogP contribution in [0.5, 0.6) is 0 Å². The minimum absolute atomic E-state index is 0.667. The van der Waals surface area contributed by atoms with Gasteiger partial charge in [0.2, 0.25) is 0 Å². The van der Waals surface area contributed by atoms with E-state index in [0.717, 1.165) is 0 Å². The summed E-state index contributed by atoms with van der Waals surface area (Å²) in [5, 5.41) is 9.74. The number of Topliss-reactive ketones (excluding diaryl/α,β-unsaturated/α-hetero) is 1. The van der Waals surface area contributed by atoms with E-state index in [2.05, 4.69) is 0 Å². The molecule has 10 heavy (non-hydrogen) atoms. The number of ketones is 1. The Morgan fingerprint density at radius 3 is 1.80 bits per heavy atom. The summed E-state index contributed by atoms with van der Waals surface area (Å²) in [4.78, 5) is 20.0. The highest BCUT2D eigenvalue weighted by atomic mass is 35.6. The van der Waals surface area contributed by atoms with Gasteiger partial charge < -0.3 is 9.90 Å². The number of hydrogen-bond donors (Lipinski definition) is 0. The first-order chi connectivity index (χ1) is 4.33. The largest absolute Gasteiger partial charge is 0.542 e. The van der Waals surface area contributed by atoms with Gasteiger partial charge in [0.25, 0.3) is 0 Å². The van der Waals surface area contributed by atoms with Crippen molar-refractivity contribution < 1.29 is 14.7 Å². The number of rotatable bonds is 2. The Hall–Kier alpha value is 0.01000. The molecule has 0 aromatic carbocycles. The summed E-state index contributed by atoms with van der Waals surface area (Å²) in [6.07, 6.45) is -0.667. The molecule has 58 valence electrons. The van der Waals surface area contributed by atoms with Gasteiger partial charge in [0.05, 0.1) is 6.42 Å². The first-order valence-corrected chi connectivity index (χ1v) is 3.27. The van der Waals surface area contributed by atoms with E-state index in [9.17, 15) is 14.7 Å². The van der Waals surface area contributed by atoms with Crippen molar-refractivity contribution in [3.63, 3.8) is 0 Å². The minimum atomic E-state index is -1.85. The number of carboxylic acids is 1. The highest BCUT2D eigenvalue weighted by Gasteiger charge is 2.24. The third kappa shape index (κ3) is 4.85. The summed E-state index contributed by atoms with van der Waals surface area (Å²) in [7, 11) is 0. The van der Waals surface area contributed by atoms with Gasteiger partial charge in [-0.2, -0.15) is 0 Å². The third-order valence-corrected chi connectivity index (χ3v) is 0.990. The first kappa shape index (κ1) is 10.0. The number of carboxylic acid groups (broad SMARTS) is 1. The van der Waals surface area contributed by atoms with Crippen LogP contribution in [-0.4, -0.2) is 15.5 Å². The predicted molar refractivity (Wildman–Crippen MR) is 34.9 cm³/mol. The maximum absolute atomic E-state index is 10.2. The average Bonchev–Trinajstić information content (AvgIpc) is 1.60. The molecule has 0 saturated heterocycles. The monoisotopic (exact) mass is 203 g/mol. The van der Waals surface area contributed by atoms with E-state index >= 15 is 0 Å². The van der Waals surface area contributed by atoms with Crippen LogP contribution >= 0.6 is 34.8 Å². The molecule has 0 aromatic rings. The number of alkyl halides is 3. The maximum atomic E-state index is 10.2. The molecule has 3 nitrogen and oxygen atoms in total. The average molecular weight is 204 g/mol. The van der Waals surface area contributed by atoms with Crippen molar-refractivity contribution in [3.05, 3.63) is 0 Å². The lowest BCUT2D eigenvalue weighted by molar-refractivity contribution is -0.300. The van der Waals surface area contributed by atoms with Crippen LogP contribution in [0.25, 0.3) is 0 Å². The minimum Gasteiger partial charge on any atom is -0.542 e. The molecule has 0 amide bonds. The van der Waals surface area contributed by atoms with Gasteiger partial charge in [0, 0.05) is 0 Å². The summed E-state index contributed by atoms with van der Waals surface area (Å²) >= 11 is 15.3. The molecule has 0 aliphatic carbocycles. The second-order valence-electron chi connectivity index (χ2n) is 1.50. The van der Waals surface area contributed by atoms with Crippen molar-refractivity contribution in [2.24, 2.45) is 0 Å². The first-order valence-electron chi connectivity index (χ1n) is 2.14. The van der Waals surface area contributed by atoms with Gasteiger partial charge in [0.1, 0.15) is 5.97 Å². The highest BCUT2D eigenvalue weighted by Crippen LogP contribution is 2.29. The second-order valence-corrected chi connectivity index (χ2v) is 4.02. The topological polar surface area (TPSA) is 57.2 Å². The molecule has 0 N–H and O–H groups in total. The highest BCUT2D eigenvalue weighted by molar-refractivity contribution is 6.68. The van der Waals surface area contributed by atoms with E-state index in [4.69, 9.17) is 34.8 Å². The predicted octanol–water partition coefficient (Wildman–Crippen LogP) is 0.0657. The number of aliphatic carboxylic acids is 1. The zero-order valence-corrected chi connectivity index (χ0v) is 6.83. The zero-order valence-electron chi connectivity index (χ0n) is 4.57. The van der Waals surface area contributed by atoms with Crippen LogP contribution in [0.1, 0.15) is 6.42 Å². The number of carbonyl (C=O) groups is 2. The van der Waals surface area contributed by atoms with Crippen LogP contribution in [0, 0.1) is 0 Å². The lowest BCUT2D eigenvalue weighted by atomic mass is 10.3. The summed E-state index contributed by atoms with van der Waals surface area (Å²) in [5.74, 6) is -3.06. The van der Waals surface area contributed by atoms with Crippen molar-refractivity contribution in [1.29, 1.82) is 0 Å². The molecule has 0 fully saturated rings. The molecule has 0 saturated carbocycles. The van der Waals surface area contributed by atoms with Gasteiger partial charge in [-0.05, 0) is 0 Å². The normalized spacial score (nSPS) is 11.1. The van der Waals surface area contributed by atoms with E-state index in [-0.39, 0.29) is 0 Å². The molecule has 0 radical (unpaired) electrons. The van der Waals surface area contributed by atoms with Crippen molar-refractivity contribution in [2.75, 3.05) is 0 Å². The smallest absolute Gasteiger partial charge is 0.197 e. The lowest BCUT2D eigenvalue weighted by Crippen LogP contribution is -2.33. The third-order valence-electron chi connectivity index (χ3n) is 0.589. The molecule has 0 heterocycles. The molecule has 6 heteroatoms. The molecular formula is C4H2Cl3O3-. The van der Waals surface area contributed by atoms with Crippen LogP contribution in [0.4, 0.5) is 0 Å². The van der Waals surface area contributed by atoms with Crippen LogP contribution in [0.3, 0.4) is 0 Å². The van der Waals surface area contributed by atoms with E-state index in [1.165, 1.54) is 0 Å². The molecule has 0 aromatic heterocycles. The van der Waals surface area contributed by atoms with Gasteiger partial charge in [-0.15, -0.1) is 0 Å². The fourth-order valence-corrected chi connectivity index (χ4v) is 0.618. The van der Waals surface area contributed by atoms with Crippen molar-refractivity contribution in [1.82, 2.24) is 0 Å². The summed E-state index contributed by atoms with van der Waals surface area (Å²) in [6.45, 7) is 0. The van der Waals surface area contributed by atoms with Crippen molar-refractivity contribution in [2.45, 2.75) is 10.2 Å². The van der Waals surface area contributed by atoms with E-state index < -0.39 is 22.0 Å². The standard InChI is InChI=1S/C4H3Cl3O3/c5-4(6,7)1-2(8)3(9)10/h1H2,(H,9,10)/p-1. The Morgan fingerprint density at radius 1 is 1.30 bits per heavy atom. The summed E-state index contributed by atoms with van der Waals surface area (Å²) in [5.41, 5.74) is 0. The molecule has 0 unspecified atom stereocenters. The number of hydrogen-bond acceptors (Lipinski definition) is 3. The molecular weight excluding hydrogens is 202 g/mol. The van der Waals surface area contributed by atoms with E-state index in [1.54, 1.807) is 0 Å². The molecule has 0 aliphatic rings. The summed E-state index contributed by atoms with van der Waals surface area (Å²) in [6, 6.07) is 0. The van der Waals surface area contributed by atoms with Gasteiger partial charge in [0.15, 0.2) is 9.58 Å². The van der Waals surface area contributed by atoms with Gasteiger partial charge in [-0.3, -0.25) is 4.79 Å². The Kier molecular flexibility index (Phi) is 3.42. The summed E-state index contributed by atoms with van der Waals surface area (Å²) < 4.78 is -1.85. The fourth-order valence-electron chi connectivity index (χ4n) is 0.254. The van der Waals surface area contributed by atoms with Crippen LogP contribution in [0.15, 0.2) is 0 Å². The molecule has 0 rings (SSSR count). The van der Waals surface area contributed by atoms with E-state index in [1.807, 2.05) is 0 Å². The SMILES string of the molecule is O=C([O-])C(=O)CC(Cl)(Cl)Cl. The van der Waals surface area contributed by atoms with Crippen molar-refractivity contribution in [3.8, 4) is 0 Å². The Morgan fingerprint density at radius 2 is 1.70 bits per heavy atom. The number of carbonyl (C=O) groups excluding carboxylic acids is 2. The molecule has 0 spiro atoms. The van der Waals surface area contributed by atoms with Gasteiger partial charge in [-0.1, -0.05) is 34.8 Å². The van der Waals surface area contributed by atoms with Gasteiger partial charge >= 0.3 is 0 Å². The Bertz CT molecular complexity index is 160. The van der Waals surface area contributed by atoms with Crippen LogP contribution < -0.4 is 5.11 Å². The Labute approximate surface area is 71.9 Å². The maximum Gasteiger partial charge on any atom is 0.197 e. The lowest BCUT2D eigenvalue weighted by Gasteiger charge is -2.08. The fraction of sp³-hybridized carbons (Fsp3) is 0.500. The quantitative estimate of drug-likeness (QED) is 0.472. The van der Waals surface area contributed by atoms with E-state index in [0.29, 0.717) is 0 Å². The number of halogens is 3. The Balaban J connectivity index is 3.93. The van der Waals surface area contributed by atoms with Crippen molar-refractivity contribution >= 4 is 46.6 Å².